The fourth-order valence-corrected chi connectivity index (χ4v) is 1.75. The van der Waals surface area contributed by atoms with Gasteiger partial charge >= 0.3 is 0 Å². The van der Waals surface area contributed by atoms with Crippen LogP contribution in [0, 0.1) is 12.8 Å². The van der Waals surface area contributed by atoms with Crippen LogP contribution in [0.5, 0.6) is 0 Å². The average molecular weight is 234 g/mol. The number of amides is 1. The van der Waals surface area contributed by atoms with Gasteiger partial charge in [-0.05, 0) is 31.9 Å². The van der Waals surface area contributed by atoms with E-state index in [0.717, 1.165) is 12.8 Å². The minimum atomic E-state index is 0.0116. The van der Waals surface area contributed by atoms with E-state index >= 15 is 0 Å². The van der Waals surface area contributed by atoms with Crippen LogP contribution in [0.4, 0.5) is 0 Å². The van der Waals surface area contributed by atoms with Crippen molar-refractivity contribution in [1.29, 1.82) is 0 Å². The average Bonchev–Trinajstić information content (AvgIpc) is 2.29. The molecule has 1 amide bonds. The van der Waals surface area contributed by atoms with Gasteiger partial charge in [0.15, 0.2) is 0 Å². The summed E-state index contributed by atoms with van der Waals surface area (Å²) in [6.07, 6.45) is 1.62. The maximum atomic E-state index is 11.6. The number of aryl methyl sites for hydroxylation is 1. The number of rotatable bonds is 6. The van der Waals surface area contributed by atoms with Gasteiger partial charge in [-0.15, -0.1) is 0 Å². The molecule has 3 nitrogen and oxygen atoms in total. The second-order valence-corrected chi connectivity index (χ2v) is 4.51. The van der Waals surface area contributed by atoms with Crippen molar-refractivity contribution in [3.05, 3.63) is 35.4 Å². The van der Waals surface area contributed by atoms with Gasteiger partial charge in [-0.1, -0.05) is 36.8 Å². The van der Waals surface area contributed by atoms with Crippen molar-refractivity contribution in [2.75, 3.05) is 13.1 Å². The minimum absolute atomic E-state index is 0.0116. The molecule has 0 heterocycles. The van der Waals surface area contributed by atoms with Gasteiger partial charge in [0.1, 0.15) is 0 Å². The molecule has 1 unspecified atom stereocenters. The zero-order chi connectivity index (χ0) is 12.7. The molecule has 0 spiro atoms. The van der Waals surface area contributed by atoms with E-state index in [0.29, 0.717) is 13.1 Å². The summed E-state index contributed by atoms with van der Waals surface area (Å²) in [6.45, 7) is 5.24. The van der Waals surface area contributed by atoms with E-state index < -0.39 is 0 Å². The summed E-state index contributed by atoms with van der Waals surface area (Å²) >= 11 is 0. The molecule has 0 fully saturated rings. The van der Waals surface area contributed by atoms with Gasteiger partial charge in [-0.25, -0.2) is 0 Å². The van der Waals surface area contributed by atoms with Crippen molar-refractivity contribution in [1.82, 2.24) is 5.32 Å². The molecule has 0 aliphatic carbocycles. The Labute approximate surface area is 103 Å². The maximum absolute atomic E-state index is 11.6. The predicted molar refractivity (Wildman–Crippen MR) is 70.7 cm³/mol. The monoisotopic (exact) mass is 234 g/mol. The van der Waals surface area contributed by atoms with Crippen LogP contribution >= 0.6 is 0 Å². The standard InChI is InChI=1S/C14H22N2O/c1-11-4-3-5-13(10-11)7-9-16-14(17)12(2)6-8-15/h3-5,10,12H,6-9,15H2,1-2H3,(H,16,17). The lowest BCUT2D eigenvalue weighted by Gasteiger charge is -2.11. The van der Waals surface area contributed by atoms with Gasteiger partial charge in [0.2, 0.25) is 5.91 Å². The first-order valence-electron chi connectivity index (χ1n) is 6.17. The molecular formula is C14H22N2O. The third-order valence-electron chi connectivity index (χ3n) is 2.84. The number of hydrogen-bond acceptors (Lipinski definition) is 2. The van der Waals surface area contributed by atoms with Crippen LogP contribution in [0.2, 0.25) is 0 Å². The Balaban J connectivity index is 2.30. The fraction of sp³-hybridized carbons (Fsp3) is 0.500. The van der Waals surface area contributed by atoms with E-state index in [9.17, 15) is 4.79 Å². The SMILES string of the molecule is Cc1cccc(CCNC(=O)C(C)CCN)c1. The van der Waals surface area contributed by atoms with E-state index in [-0.39, 0.29) is 11.8 Å². The fourth-order valence-electron chi connectivity index (χ4n) is 1.75. The van der Waals surface area contributed by atoms with Gasteiger partial charge in [-0.3, -0.25) is 4.79 Å². The van der Waals surface area contributed by atoms with E-state index in [1.807, 2.05) is 13.0 Å². The largest absolute Gasteiger partial charge is 0.356 e. The van der Waals surface area contributed by atoms with Gasteiger partial charge in [0, 0.05) is 12.5 Å². The Kier molecular flexibility index (Phi) is 5.70. The molecule has 0 saturated heterocycles. The lowest BCUT2D eigenvalue weighted by atomic mass is 10.1. The molecular weight excluding hydrogens is 212 g/mol. The maximum Gasteiger partial charge on any atom is 0.222 e. The van der Waals surface area contributed by atoms with Crippen LogP contribution in [0.3, 0.4) is 0 Å². The van der Waals surface area contributed by atoms with Crippen molar-refractivity contribution in [2.24, 2.45) is 11.7 Å². The number of benzene rings is 1. The quantitative estimate of drug-likeness (QED) is 0.786. The summed E-state index contributed by atoms with van der Waals surface area (Å²) in [5.41, 5.74) is 7.94. The van der Waals surface area contributed by atoms with Gasteiger partial charge in [0.05, 0.1) is 0 Å². The van der Waals surface area contributed by atoms with Gasteiger partial charge in [0.25, 0.3) is 0 Å². The van der Waals surface area contributed by atoms with E-state index in [1.165, 1.54) is 11.1 Å². The van der Waals surface area contributed by atoms with Gasteiger partial charge < -0.3 is 11.1 Å². The summed E-state index contributed by atoms with van der Waals surface area (Å²) in [7, 11) is 0. The van der Waals surface area contributed by atoms with Crippen molar-refractivity contribution in [2.45, 2.75) is 26.7 Å². The molecule has 0 saturated carbocycles. The molecule has 94 valence electrons. The summed E-state index contributed by atoms with van der Waals surface area (Å²) in [5, 5.41) is 2.94. The minimum Gasteiger partial charge on any atom is -0.356 e. The van der Waals surface area contributed by atoms with E-state index in [1.54, 1.807) is 0 Å². The van der Waals surface area contributed by atoms with Crippen molar-refractivity contribution >= 4 is 5.91 Å². The molecule has 3 heteroatoms. The van der Waals surface area contributed by atoms with Crippen LogP contribution in [-0.2, 0) is 11.2 Å². The van der Waals surface area contributed by atoms with Crippen LogP contribution in [0.1, 0.15) is 24.5 Å². The second kappa shape index (κ2) is 7.07. The summed E-state index contributed by atoms with van der Waals surface area (Å²) < 4.78 is 0. The molecule has 1 atom stereocenters. The molecule has 0 aliphatic heterocycles. The number of carbonyl (C=O) groups excluding carboxylic acids is 1. The molecule has 0 aliphatic rings. The highest BCUT2D eigenvalue weighted by Crippen LogP contribution is 2.04. The first-order chi connectivity index (χ1) is 8.13. The van der Waals surface area contributed by atoms with Crippen LogP contribution < -0.4 is 11.1 Å². The normalized spacial score (nSPS) is 12.2. The predicted octanol–water partition coefficient (Wildman–Crippen LogP) is 1.64. The van der Waals surface area contributed by atoms with E-state index in [4.69, 9.17) is 5.73 Å². The summed E-state index contributed by atoms with van der Waals surface area (Å²) in [5.74, 6) is 0.112. The zero-order valence-corrected chi connectivity index (χ0v) is 10.7. The highest BCUT2D eigenvalue weighted by atomic mass is 16.1. The molecule has 0 radical (unpaired) electrons. The molecule has 3 N–H and O–H groups in total. The van der Waals surface area contributed by atoms with Crippen molar-refractivity contribution in [3.8, 4) is 0 Å². The summed E-state index contributed by atoms with van der Waals surface area (Å²) in [4.78, 5) is 11.6. The number of nitrogens with one attached hydrogen (secondary N) is 1. The van der Waals surface area contributed by atoms with E-state index in [2.05, 4.69) is 30.4 Å². The second-order valence-electron chi connectivity index (χ2n) is 4.51. The highest BCUT2D eigenvalue weighted by Gasteiger charge is 2.10. The molecule has 0 bridgehead atoms. The Bertz CT molecular complexity index is 363. The van der Waals surface area contributed by atoms with Crippen LogP contribution in [0.25, 0.3) is 0 Å². The summed E-state index contributed by atoms with van der Waals surface area (Å²) in [6, 6.07) is 8.35. The Morgan fingerprint density at radius 3 is 2.88 bits per heavy atom. The van der Waals surface area contributed by atoms with Crippen LogP contribution in [0.15, 0.2) is 24.3 Å². The molecule has 1 aromatic carbocycles. The first-order valence-corrected chi connectivity index (χ1v) is 6.17. The lowest BCUT2D eigenvalue weighted by molar-refractivity contribution is -0.124. The van der Waals surface area contributed by atoms with Crippen molar-refractivity contribution in [3.63, 3.8) is 0 Å². The molecule has 17 heavy (non-hydrogen) atoms. The molecule has 1 aromatic rings. The first kappa shape index (κ1) is 13.7. The van der Waals surface area contributed by atoms with Gasteiger partial charge in [-0.2, -0.15) is 0 Å². The van der Waals surface area contributed by atoms with Crippen molar-refractivity contribution < 1.29 is 4.79 Å². The number of hydrogen-bond donors (Lipinski definition) is 2. The molecule has 1 rings (SSSR count). The number of carbonyl (C=O) groups is 1. The topological polar surface area (TPSA) is 55.1 Å². The third-order valence-corrected chi connectivity index (χ3v) is 2.84. The highest BCUT2D eigenvalue weighted by molar-refractivity contribution is 5.78. The zero-order valence-electron chi connectivity index (χ0n) is 10.7. The Morgan fingerprint density at radius 1 is 1.47 bits per heavy atom. The Hall–Kier alpha value is -1.35. The molecule has 0 aromatic heterocycles. The lowest BCUT2D eigenvalue weighted by Crippen LogP contribution is -2.31. The third kappa shape index (κ3) is 5.00. The smallest absolute Gasteiger partial charge is 0.222 e. The number of nitrogens with two attached hydrogens (primary N) is 1. The van der Waals surface area contributed by atoms with Crippen LogP contribution in [-0.4, -0.2) is 19.0 Å². The Morgan fingerprint density at radius 2 is 2.24 bits per heavy atom.